The summed E-state index contributed by atoms with van der Waals surface area (Å²) in [6, 6.07) is 0. The first-order valence-electron chi connectivity index (χ1n) is 5.82. The summed E-state index contributed by atoms with van der Waals surface area (Å²) in [7, 11) is 0. The standard InChI is InChI=1S/C12H19NO3S/c1-5-6-7-15-11(14)10(4)17-12-13-8(2)9(3)16-12/h10H,5-7H2,1-4H3/t10-/m0/s1. The van der Waals surface area contributed by atoms with Crippen molar-refractivity contribution in [3.05, 3.63) is 11.5 Å². The van der Waals surface area contributed by atoms with Crippen molar-refractivity contribution in [2.75, 3.05) is 6.61 Å². The molecular formula is C12H19NO3S. The summed E-state index contributed by atoms with van der Waals surface area (Å²) >= 11 is 1.29. The molecule has 0 saturated carbocycles. The van der Waals surface area contributed by atoms with Gasteiger partial charge in [0.25, 0.3) is 5.22 Å². The molecule has 0 saturated heterocycles. The van der Waals surface area contributed by atoms with Gasteiger partial charge in [-0.25, -0.2) is 4.98 Å². The zero-order valence-corrected chi connectivity index (χ0v) is 11.6. The molecule has 17 heavy (non-hydrogen) atoms. The van der Waals surface area contributed by atoms with E-state index in [-0.39, 0.29) is 11.2 Å². The van der Waals surface area contributed by atoms with Crippen molar-refractivity contribution in [1.29, 1.82) is 0 Å². The van der Waals surface area contributed by atoms with E-state index in [9.17, 15) is 4.79 Å². The quantitative estimate of drug-likeness (QED) is 0.445. The fourth-order valence-electron chi connectivity index (χ4n) is 1.13. The smallest absolute Gasteiger partial charge is 0.319 e. The highest BCUT2D eigenvalue weighted by atomic mass is 32.2. The first-order valence-corrected chi connectivity index (χ1v) is 6.69. The summed E-state index contributed by atoms with van der Waals surface area (Å²) in [5.41, 5.74) is 0.860. The molecule has 0 amide bonds. The van der Waals surface area contributed by atoms with Gasteiger partial charge >= 0.3 is 5.97 Å². The Morgan fingerprint density at radius 1 is 1.53 bits per heavy atom. The summed E-state index contributed by atoms with van der Waals surface area (Å²) in [6.07, 6.45) is 1.92. The van der Waals surface area contributed by atoms with E-state index >= 15 is 0 Å². The molecule has 0 N–H and O–H groups in total. The third-order valence-electron chi connectivity index (χ3n) is 2.36. The second-order valence-corrected chi connectivity index (χ2v) is 5.19. The highest BCUT2D eigenvalue weighted by Gasteiger charge is 2.19. The fourth-order valence-corrected chi connectivity index (χ4v) is 1.96. The van der Waals surface area contributed by atoms with Crippen LogP contribution in [-0.2, 0) is 9.53 Å². The summed E-state index contributed by atoms with van der Waals surface area (Å²) in [5, 5.41) is 0.240. The lowest BCUT2D eigenvalue weighted by Crippen LogP contribution is -2.17. The average molecular weight is 257 g/mol. The molecular weight excluding hydrogens is 238 g/mol. The number of carbonyl (C=O) groups excluding carboxylic acids is 1. The van der Waals surface area contributed by atoms with Crippen molar-refractivity contribution in [3.8, 4) is 0 Å². The maximum atomic E-state index is 11.6. The first kappa shape index (κ1) is 14.1. The van der Waals surface area contributed by atoms with Crippen molar-refractivity contribution in [1.82, 2.24) is 4.98 Å². The van der Waals surface area contributed by atoms with Gasteiger partial charge in [0.05, 0.1) is 12.3 Å². The van der Waals surface area contributed by atoms with Crippen LogP contribution in [0.4, 0.5) is 0 Å². The van der Waals surface area contributed by atoms with E-state index in [1.165, 1.54) is 11.8 Å². The summed E-state index contributed by atoms with van der Waals surface area (Å²) in [4.78, 5) is 15.8. The van der Waals surface area contributed by atoms with Crippen LogP contribution in [0.2, 0.25) is 0 Å². The number of ether oxygens (including phenoxy) is 1. The van der Waals surface area contributed by atoms with Crippen LogP contribution in [0.3, 0.4) is 0 Å². The Hall–Kier alpha value is -0.970. The number of oxazole rings is 1. The van der Waals surface area contributed by atoms with Gasteiger partial charge in [0.1, 0.15) is 11.0 Å². The molecule has 4 nitrogen and oxygen atoms in total. The van der Waals surface area contributed by atoms with Crippen LogP contribution in [-0.4, -0.2) is 22.8 Å². The lowest BCUT2D eigenvalue weighted by Gasteiger charge is -2.08. The molecule has 1 heterocycles. The van der Waals surface area contributed by atoms with Gasteiger partial charge in [-0.1, -0.05) is 25.1 Å². The number of hydrogen-bond donors (Lipinski definition) is 0. The summed E-state index contributed by atoms with van der Waals surface area (Å²) in [5.74, 6) is 0.580. The van der Waals surface area contributed by atoms with Crippen molar-refractivity contribution in [3.63, 3.8) is 0 Å². The topological polar surface area (TPSA) is 52.3 Å². The molecule has 1 aromatic heterocycles. The van der Waals surface area contributed by atoms with Gasteiger partial charge in [-0.05, 0) is 27.2 Å². The fraction of sp³-hybridized carbons (Fsp3) is 0.667. The monoisotopic (exact) mass is 257 g/mol. The van der Waals surface area contributed by atoms with E-state index in [1.54, 1.807) is 6.92 Å². The van der Waals surface area contributed by atoms with E-state index in [2.05, 4.69) is 11.9 Å². The Kier molecular flexibility index (Phi) is 5.55. The van der Waals surface area contributed by atoms with Gasteiger partial charge in [0.2, 0.25) is 0 Å². The van der Waals surface area contributed by atoms with Crippen LogP contribution in [0.25, 0.3) is 0 Å². The van der Waals surface area contributed by atoms with Gasteiger partial charge in [0, 0.05) is 0 Å². The molecule has 0 bridgehead atoms. The highest BCUT2D eigenvalue weighted by molar-refractivity contribution is 8.00. The third-order valence-corrected chi connectivity index (χ3v) is 3.28. The third kappa shape index (κ3) is 4.42. The van der Waals surface area contributed by atoms with Gasteiger partial charge in [-0.2, -0.15) is 0 Å². The Labute approximate surface area is 106 Å². The zero-order valence-electron chi connectivity index (χ0n) is 10.8. The Morgan fingerprint density at radius 2 is 2.24 bits per heavy atom. The lowest BCUT2D eigenvalue weighted by molar-refractivity contribution is -0.142. The predicted octanol–water partition coefficient (Wildman–Crippen LogP) is 3.12. The Bertz CT molecular complexity index is 356. The molecule has 0 fully saturated rings. The highest BCUT2D eigenvalue weighted by Crippen LogP contribution is 2.25. The van der Waals surface area contributed by atoms with Gasteiger partial charge in [-0.3, -0.25) is 4.79 Å². The molecule has 0 aliphatic carbocycles. The van der Waals surface area contributed by atoms with Gasteiger partial charge in [0.15, 0.2) is 0 Å². The second kappa shape index (κ2) is 6.69. The van der Waals surface area contributed by atoms with E-state index < -0.39 is 0 Å². The van der Waals surface area contributed by atoms with E-state index in [0.29, 0.717) is 11.8 Å². The normalized spacial score (nSPS) is 12.5. The number of rotatable bonds is 6. The molecule has 1 aromatic rings. The largest absolute Gasteiger partial charge is 0.465 e. The summed E-state index contributed by atoms with van der Waals surface area (Å²) < 4.78 is 10.5. The van der Waals surface area contributed by atoms with Crippen molar-refractivity contribution in [2.45, 2.75) is 51.0 Å². The minimum atomic E-state index is -0.288. The molecule has 0 spiro atoms. The SMILES string of the molecule is CCCCOC(=O)[C@H](C)Sc1nc(C)c(C)o1. The molecule has 96 valence electrons. The van der Waals surface area contributed by atoms with Crippen molar-refractivity contribution >= 4 is 17.7 Å². The second-order valence-electron chi connectivity index (χ2n) is 3.90. The first-order chi connectivity index (χ1) is 8.04. The molecule has 0 radical (unpaired) electrons. The number of nitrogens with zero attached hydrogens (tertiary/aromatic N) is 1. The van der Waals surface area contributed by atoms with Gasteiger partial charge < -0.3 is 9.15 Å². The van der Waals surface area contributed by atoms with Crippen LogP contribution in [0.15, 0.2) is 9.64 Å². The number of hydrogen-bond acceptors (Lipinski definition) is 5. The van der Waals surface area contributed by atoms with Crippen LogP contribution in [0.1, 0.15) is 38.1 Å². The molecule has 0 aromatic carbocycles. The Morgan fingerprint density at radius 3 is 2.76 bits per heavy atom. The van der Waals surface area contributed by atoms with Crippen LogP contribution in [0, 0.1) is 13.8 Å². The number of esters is 1. The van der Waals surface area contributed by atoms with E-state index in [0.717, 1.165) is 24.3 Å². The molecule has 1 rings (SSSR count). The number of unbranched alkanes of at least 4 members (excludes halogenated alkanes) is 1. The number of aromatic nitrogens is 1. The Balaban J connectivity index is 2.42. The maximum Gasteiger partial charge on any atom is 0.319 e. The number of carbonyl (C=O) groups is 1. The minimum absolute atomic E-state index is 0.211. The van der Waals surface area contributed by atoms with Crippen LogP contribution >= 0.6 is 11.8 Å². The zero-order chi connectivity index (χ0) is 12.8. The van der Waals surface area contributed by atoms with Crippen LogP contribution in [0.5, 0.6) is 0 Å². The lowest BCUT2D eigenvalue weighted by atomic mass is 10.4. The average Bonchev–Trinajstić information content (AvgIpc) is 2.58. The molecule has 0 aliphatic rings. The maximum absolute atomic E-state index is 11.6. The van der Waals surface area contributed by atoms with Gasteiger partial charge in [-0.15, -0.1) is 0 Å². The van der Waals surface area contributed by atoms with Crippen LogP contribution < -0.4 is 0 Å². The summed E-state index contributed by atoms with van der Waals surface area (Å²) in [6.45, 7) is 8.09. The molecule has 1 atom stereocenters. The number of thioether (sulfide) groups is 1. The van der Waals surface area contributed by atoms with Crippen molar-refractivity contribution in [2.24, 2.45) is 0 Å². The number of aryl methyl sites for hydroxylation is 2. The van der Waals surface area contributed by atoms with E-state index in [1.807, 2.05) is 13.8 Å². The van der Waals surface area contributed by atoms with Crippen molar-refractivity contribution < 1.29 is 13.9 Å². The molecule has 0 aliphatic heterocycles. The van der Waals surface area contributed by atoms with E-state index in [4.69, 9.17) is 9.15 Å². The minimum Gasteiger partial charge on any atom is -0.465 e. The predicted molar refractivity (Wildman–Crippen MR) is 67.2 cm³/mol. The molecule has 0 unspecified atom stereocenters. The molecule has 5 heteroatoms.